The van der Waals surface area contributed by atoms with Gasteiger partial charge in [0, 0.05) is 18.5 Å². The van der Waals surface area contributed by atoms with Gasteiger partial charge in [-0.05, 0) is 18.6 Å². The Labute approximate surface area is 115 Å². The fraction of sp³-hybridized carbons (Fsp3) is 0.231. The molecule has 20 heavy (non-hydrogen) atoms. The van der Waals surface area contributed by atoms with Crippen LogP contribution in [0.4, 0.5) is 11.4 Å². The monoisotopic (exact) mass is 271 g/mol. The smallest absolute Gasteiger partial charge is 0.293 e. The first-order valence-electron chi connectivity index (χ1n) is 6.10. The molecule has 7 nitrogen and oxygen atoms in total. The summed E-state index contributed by atoms with van der Waals surface area (Å²) in [5, 5.41) is 23.0. The molecule has 0 aliphatic heterocycles. The Morgan fingerprint density at radius 1 is 1.60 bits per heavy atom. The summed E-state index contributed by atoms with van der Waals surface area (Å²) in [6, 6.07) is 6.09. The van der Waals surface area contributed by atoms with E-state index in [0.717, 1.165) is 0 Å². The lowest BCUT2D eigenvalue weighted by molar-refractivity contribution is -0.384. The molecule has 0 amide bonds. The van der Waals surface area contributed by atoms with E-state index in [1.807, 2.05) is 13.0 Å². The largest absolute Gasteiger partial charge is 0.370 e. The first kappa shape index (κ1) is 13.5. The van der Waals surface area contributed by atoms with Crippen LogP contribution in [-0.2, 0) is 0 Å². The summed E-state index contributed by atoms with van der Waals surface area (Å²) in [5.41, 5.74) is 0.514. The van der Waals surface area contributed by atoms with E-state index in [0.29, 0.717) is 17.9 Å². The molecule has 0 saturated heterocycles. The van der Waals surface area contributed by atoms with Gasteiger partial charge >= 0.3 is 0 Å². The number of aromatic nitrogens is 2. The molecule has 7 heteroatoms. The molecule has 1 heterocycles. The van der Waals surface area contributed by atoms with Crippen LogP contribution in [-0.4, -0.2) is 14.9 Å². The topological polar surface area (TPSA) is 108 Å². The van der Waals surface area contributed by atoms with Gasteiger partial charge in [-0.15, -0.1) is 0 Å². The minimum absolute atomic E-state index is 0.117. The molecule has 1 aromatic carbocycles. The van der Waals surface area contributed by atoms with Gasteiger partial charge in [-0.25, -0.2) is 4.98 Å². The van der Waals surface area contributed by atoms with Crippen molar-refractivity contribution in [2.75, 3.05) is 5.32 Å². The number of nitro groups is 1. The SMILES string of the molecule is CCC(Nc1ccc(C#N)cc1[N+](=O)[O-])c1ncc[nH]1. The molecular formula is C13H13N5O2. The highest BCUT2D eigenvalue weighted by Crippen LogP contribution is 2.29. The molecule has 1 aromatic heterocycles. The van der Waals surface area contributed by atoms with Gasteiger partial charge in [0.25, 0.3) is 5.69 Å². The van der Waals surface area contributed by atoms with Crippen LogP contribution in [0.5, 0.6) is 0 Å². The molecule has 1 atom stereocenters. The molecule has 0 fully saturated rings. The molecule has 0 bridgehead atoms. The van der Waals surface area contributed by atoms with Crippen LogP contribution in [0.2, 0.25) is 0 Å². The lowest BCUT2D eigenvalue weighted by Gasteiger charge is -2.16. The van der Waals surface area contributed by atoms with Gasteiger partial charge in [0.15, 0.2) is 0 Å². The predicted molar refractivity (Wildman–Crippen MR) is 73.1 cm³/mol. The van der Waals surface area contributed by atoms with E-state index < -0.39 is 4.92 Å². The number of nitrogens with zero attached hydrogens (tertiary/aromatic N) is 3. The second-order valence-electron chi connectivity index (χ2n) is 4.18. The summed E-state index contributed by atoms with van der Waals surface area (Å²) in [6.45, 7) is 1.95. The standard InChI is InChI=1S/C13H13N5O2/c1-2-10(13-15-5-6-16-13)17-11-4-3-9(8-14)7-12(11)18(19)20/h3-7,10,17H,2H2,1H3,(H,15,16). The fourth-order valence-electron chi connectivity index (χ4n) is 1.89. The zero-order chi connectivity index (χ0) is 14.5. The van der Waals surface area contributed by atoms with Crippen LogP contribution in [0.1, 0.15) is 30.8 Å². The van der Waals surface area contributed by atoms with Crippen LogP contribution in [0.3, 0.4) is 0 Å². The Morgan fingerprint density at radius 3 is 2.95 bits per heavy atom. The maximum atomic E-state index is 11.1. The fourth-order valence-corrected chi connectivity index (χ4v) is 1.89. The average Bonchev–Trinajstić information content (AvgIpc) is 2.98. The van der Waals surface area contributed by atoms with Crippen molar-refractivity contribution in [2.45, 2.75) is 19.4 Å². The maximum Gasteiger partial charge on any atom is 0.293 e. The van der Waals surface area contributed by atoms with Crippen molar-refractivity contribution in [1.82, 2.24) is 9.97 Å². The quantitative estimate of drug-likeness (QED) is 0.642. The summed E-state index contributed by atoms with van der Waals surface area (Å²) in [7, 11) is 0. The first-order chi connectivity index (χ1) is 9.65. The van der Waals surface area contributed by atoms with Crippen molar-refractivity contribution in [3.05, 3.63) is 52.1 Å². The van der Waals surface area contributed by atoms with Crippen molar-refractivity contribution in [3.8, 4) is 6.07 Å². The van der Waals surface area contributed by atoms with Gasteiger partial charge in [0.05, 0.1) is 22.6 Å². The molecule has 0 radical (unpaired) electrons. The summed E-state index contributed by atoms with van der Waals surface area (Å²) in [5.74, 6) is 0.714. The van der Waals surface area contributed by atoms with E-state index in [2.05, 4.69) is 15.3 Å². The van der Waals surface area contributed by atoms with Crippen LogP contribution in [0.15, 0.2) is 30.6 Å². The minimum Gasteiger partial charge on any atom is -0.370 e. The van der Waals surface area contributed by atoms with E-state index in [9.17, 15) is 10.1 Å². The molecule has 0 saturated carbocycles. The maximum absolute atomic E-state index is 11.1. The molecule has 0 spiro atoms. The third-order valence-corrected chi connectivity index (χ3v) is 2.91. The number of nitrogens with one attached hydrogen (secondary N) is 2. The lowest BCUT2D eigenvalue weighted by atomic mass is 10.1. The van der Waals surface area contributed by atoms with Gasteiger partial charge in [-0.3, -0.25) is 10.1 Å². The van der Waals surface area contributed by atoms with Gasteiger partial charge in [0.2, 0.25) is 0 Å². The number of hydrogen-bond acceptors (Lipinski definition) is 5. The second-order valence-corrected chi connectivity index (χ2v) is 4.18. The van der Waals surface area contributed by atoms with Crippen molar-refractivity contribution in [2.24, 2.45) is 0 Å². The summed E-state index contributed by atoms with van der Waals surface area (Å²) in [6.07, 6.45) is 4.05. The van der Waals surface area contributed by atoms with Crippen LogP contribution in [0.25, 0.3) is 0 Å². The summed E-state index contributed by atoms with van der Waals surface area (Å²) < 4.78 is 0. The highest BCUT2D eigenvalue weighted by atomic mass is 16.6. The molecule has 2 rings (SSSR count). The average molecular weight is 271 g/mol. The first-order valence-corrected chi connectivity index (χ1v) is 6.10. The highest BCUT2D eigenvalue weighted by Gasteiger charge is 2.19. The van der Waals surface area contributed by atoms with Crippen LogP contribution >= 0.6 is 0 Å². The molecule has 2 N–H and O–H groups in total. The van der Waals surface area contributed by atoms with E-state index in [1.54, 1.807) is 24.5 Å². The van der Waals surface area contributed by atoms with Gasteiger partial charge in [-0.2, -0.15) is 5.26 Å². The molecule has 1 unspecified atom stereocenters. The lowest BCUT2D eigenvalue weighted by Crippen LogP contribution is -2.12. The van der Waals surface area contributed by atoms with Gasteiger partial charge in [0.1, 0.15) is 11.5 Å². The number of hydrogen-bond donors (Lipinski definition) is 2. The van der Waals surface area contributed by atoms with Crippen molar-refractivity contribution in [1.29, 1.82) is 5.26 Å². The number of H-pyrrole nitrogens is 1. The Morgan fingerprint density at radius 2 is 2.40 bits per heavy atom. The van der Waals surface area contributed by atoms with E-state index in [4.69, 9.17) is 5.26 Å². The van der Waals surface area contributed by atoms with Crippen LogP contribution in [0, 0.1) is 21.4 Å². The number of rotatable bonds is 5. The Hall–Kier alpha value is -2.88. The summed E-state index contributed by atoms with van der Waals surface area (Å²) >= 11 is 0. The number of aromatic amines is 1. The number of nitriles is 1. The molecule has 102 valence electrons. The molecule has 2 aromatic rings. The number of imidazole rings is 1. The Kier molecular flexibility index (Phi) is 3.96. The van der Waals surface area contributed by atoms with Crippen molar-refractivity contribution in [3.63, 3.8) is 0 Å². The van der Waals surface area contributed by atoms with E-state index >= 15 is 0 Å². The van der Waals surface area contributed by atoms with Gasteiger partial charge in [-0.1, -0.05) is 6.92 Å². The molecule has 0 aliphatic rings. The Bertz CT molecular complexity index is 645. The third-order valence-electron chi connectivity index (χ3n) is 2.91. The third kappa shape index (κ3) is 2.75. The van der Waals surface area contributed by atoms with Crippen molar-refractivity contribution < 1.29 is 4.92 Å². The van der Waals surface area contributed by atoms with E-state index in [1.165, 1.54) is 6.07 Å². The highest BCUT2D eigenvalue weighted by molar-refractivity contribution is 5.64. The predicted octanol–water partition coefficient (Wildman–Crippen LogP) is 2.75. The zero-order valence-corrected chi connectivity index (χ0v) is 10.8. The number of nitro benzene ring substituents is 1. The Balaban J connectivity index is 2.33. The van der Waals surface area contributed by atoms with Crippen LogP contribution < -0.4 is 5.32 Å². The van der Waals surface area contributed by atoms with E-state index in [-0.39, 0.29) is 17.3 Å². The minimum atomic E-state index is -0.502. The molecular weight excluding hydrogens is 258 g/mol. The van der Waals surface area contributed by atoms with Gasteiger partial charge < -0.3 is 10.3 Å². The molecule has 0 aliphatic carbocycles. The normalized spacial score (nSPS) is 11.6. The number of anilines is 1. The zero-order valence-electron chi connectivity index (χ0n) is 10.8. The summed E-state index contributed by atoms with van der Waals surface area (Å²) in [4.78, 5) is 17.7. The number of benzene rings is 1. The second kappa shape index (κ2) is 5.84. The van der Waals surface area contributed by atoms with Crippen molar-refractivity contribution >= 4 is 11.4 Å².